The number of ether oxygens (including phenoxy) is 1. The molecule has 0 aliphatic rings. The second-order valence-corrected chi connectivity index (χ2v) is 4.98. The Morgan fingerprint density at radius 2 is 1.70 bits per heavy atom. The molecule has 2 aromatic rings. The standard InChI is InChI=1S/C18H18FNO3/c1-23-12-4-11-20-18(22)16-6-3-2-5-15(16)17(21)13-7-9-14(19)10-8-13/h2-3,5-10H,4,11-12H2,1H3,(H,20,22). The van der Waals surface area contributed by atoms with Crippen LogP contribution in [0.15, 0.2) is 48.5 Å². The maximum absolute atomic E-state index is 13.0. The fraction of sp³-hybridized carbons (Fsp3) is 0.222. The minimum Gasteiger partial charge on any atom is -0.385 e. The first kappa shape index (κ1) is 16.8. The van der Waals surface area contributed by atoms with Gasteiger partial charge in [0.1, 0.15) is 5.82 Å². The van der Waals surface area contributed by atoms with Crippen LogP contribution in [0.1, 0.15) is 32.7 Å². The van der Waals surface area contributed by atoms with E-state index in [1.54, 1.807) is 31.4 Å². The molecule has 0 fully saturated rings. The molecule has 2 aromatic carbocycles. The van der Waals surface area contributed by atoms with Crippen LogP contribution in [0, 0.1) is 5.82 Å². The van der Waals surface area contributed by atoms with Crippen molar-refractivity contribution in [3.05, 3.63) is 71.0 Å². The van der Waals surface area contributed by atoms with Crippen LogP contribution in [-0.4, -0.2) is 32.0 Å². The van der Waals surface area contributed by atoms with Crippen LogP contribution in [0.5, 0.6) is 0 Å². The van der Waals surface area contributed by atoms with Crippen LogP contribution in [0.3, 0.4) is 0 Å². The number of carbonyl (C=O) groups excluding carboxylic acids is 2. The normalized spacial score (nSPS) is 10.3. The van der Waals surface area contributed by atoms with E-state index in [1.807, 2.05) is 0 Å². The van der Waals surface area contributed by atoms with E-state index in [9.17, 15) is 14.0 Å². The van der Waals surface area contributed by atoms with Gasteiger partial charge in [-0.3, -0.25) is 9.59 Å². The summed E-state index contributed by atoms with van der Waals surface area (Å²) in [5.74, 6) is -1.04. The lowest BCUT2D eigenvalue weighted by Gasteiger charge is -2.09. The predicted octanol–water partition coefficient (Wildman–Crippen LogP) is 2.82. The van der Waals surface area contributed by atoms with Gasteiger partial charge in [-0.25, -0.2) is 4.39 Å². The Bertz CT molecular complexity index is 683. The van der Waals surface area contributed by atoms with Gasteiger partial charge in [0.25, 0.3) is 5.91 Å². The number of halogens is 1. The number of carbonyl (C=O) groups is 2. The molecular formula is C18H18FNO3. The van der Waals surface area contributed by atoms with E-state index in [-0.39, 0.29) is 11.7 Å². The van der Waals surface area contributed by atoms with Gasteiger partial charge in [0.05, 0.1) is 5.56 Å². The molecule has 0 radical (unpaired) electrons. The van der Waals surface area contributed by atoms with Crippen molar-refractivity contribution in [2.45, 2.75) is 6.42 Å². The molecule has 0 aliphatic heterocycles. The number of ketones is 1. The molecule has 0 atom stereocenters. The van der Waals surface area contributed by atoms with Crippen LogP contribution >= 0.6 is 0 Å². The first-order chi connectivity index (χ1) is 11.1. The lowest BCUT2D eigenvalue weighted by atomic mass is 9.98. The minimum absolute atomic E-state index is 0.295. The topological polar surface area (TPSA) is 55.4 Å². The van der Waals surface area contributed by atoms with Crippen molar-refractivity contribution in [1.29, 1.82) is 0 Å². The lowest BCUT2D eigenvalue weighted by molar-refractivity contribution is 0.0937. The van der Waals surface area contributed by atoms with E-state index < -0.39 is 5.82 Å². The summed E-state index contributed by atoms with van der Waals surface area (Å²) in [5, 5.41) is 2.76. The monoisotopic (exact) mass is 315 g/mol. The third-order valence-electron chi connectivity index (χ3n) is 3.33. The molecule has 0 spiro atoms. The molecule has 0 saturated carbocycles. The summed E-state index contributed by atoms with van der Waals surface area (Å²) in [4.78, 5) is 24.8. The molecule has 4 nitrogen and oxygen atoms in total. The van der Waals surface area contributed by atoms with Crippen molar-refractivity contribution < 1.29 is 18.7 Å². The molecule has 1 N–H and O–H groups in total. The van der Waals surface area contributed by atoms with Gasteiger partial charge in [0.15, 0.2) is 5.78 Å². The zero-order valence-corrected chi connectivity index (χ0v) is 12.8. The van der Waals surface area contributed by atoms with Gasteiger partial charge in [-0.1, -0.05) is 18.2 Å². The summed E-state index contributed by atoms with van der Waals surface area (Å²) in [6, 6.07) is 11.8. The van der Waals surface area contributed by atoms with E-state index >= 15 is 0 Å². The first-order valence-electron chi connectivity index (χ1n) is 7.30. The van der Waals surface area contributed by atoms with Gasteiger partial charge in [0.2, 0.25) is 0 Å². The molecule has 0 aromatic heterocycles. The van der Waals surface area contributed by atoms with Crippen LogP contribution < -0.4 is 5.32 Å². The summed E-state index contributed by atoms with van der Waals surface area (Å²) in [5.41, 5.74) is 0.939. The molecule has 23 heavy (non-hydrogen) atoms. The van der Waals surface area contributed by atoms with E-state index in [0.717, 1.165) is 0 Å². The highest BCUT2D eigenvalue weighted by atomic mass is 19.1. The fourth-order valence-electron chi connectivity index (χ4n) is 2.15. The molecule has 120 valence electrons. The maximum atomic E-state index is 13.0. The highest BCUT2D eigenvalue weighted by Gasteiger charge is 2.17. The number of methoxy groups -OCH3 is 1. The van der Waals surface area contributed by atoms with Gasteiger partial charge in [-0.05, 0) is 36.8 Å². The number of hydrogen-bond acceptors (Lipinski definition) is 3. The van der Waals surface area contributed by atoms with Crippen molar-refractivity contribution >= 4 is 11.7 Å². The Morgan fingerprint density at radius 1 is 1.04 bits per heavy atom. The van der Waals surface area contributed by atoms with Crippen LogP contribution in [0.4, 0.5) is 4.39 Å². The molecule has 2 rings (SSSR count). The Balaban J connectivity index is 2.18. The smallest absolute Gasteiger partial charge is 0.252 e. The highest BCUT2D eigenvalue weighted by Crippen LogP contribution is 2.15. The van der Waals surface area contributed by atoms with Crippen molar-refractivity contribution in [1.82, 2.24) is 5.32 Å². The average molecular weight is 315 g/mol. The van der Waals surface area contributed by atoms with Gasteiger partial charge in [-0.2, -0.15) is 0 Å². The first-order valence-corrected chi connectivity index (χ1v) is 7.30. The summed E-state index contributed by atoms with van der Waals surface area (Å²) in [6.45, 7) is 1.02. The maximum Gasteiger partial charge on any atom is 0.252 e. The number of rotatable bonds is 7. The van der Waals surface area contributed by atoms with Crippen LogP contribution in [0.25, 0.3) is 0 Å². The van der Waals surface area contributed by atoms with Gasteiger partial charge in [0, 0.05) is 31.4 Å². The van der Waals surface area contributed by atoms with Gasteiger partial charge >= 0.3 is 0 Å². The lowest BCUT2D eigenvalue weighted by Crippen LogP contribution is -2.27. The van der Waals surface area contributed by atoms with E-state index in [0.29, 0.717) is 36.3 Å². The Morgan fingerprint density at radius 3 is 2.35 bits per heavy atom. The third kappa shape index (κ3) is 4.47. The zero-order valence-electron chi connectivity index (χ0n) is 12.8. The molecule has 1 amide bonds. The number of hydrogen-bond donors (Lipinski definition) is 1. The van der Waals surface area contributed by atoms with Crippen molar-refractivity contribution in [2.75, 3.05) is 20.3 Å². The Labute approximate surface area is 134 Å². The molecular weight excluding hydrogens is 297 g/mol. The number of amides is 1. The Hall–Kier alpha value is -2.53. The fourth-order valence-corrected chi connectivity index (χ4v) is 2.15. The summed E-state index contributed by atoms with van der Waals surface area (Å²) in [7, 11) is 1.60. The highest BCUT2D eigenvalue weighted by molar-refractivity contribution is 6.15. The molecule has 0 unspecified atom stereocenters. The third-order valence-corrected chi connectivity index (χ3v) is 3.33. The van der Waals surface area contributed by atoms with E-state index in [1.165, 1.54) is 24.3 Å². The molecule has 5 heteroatoms. The van der Waals surface area contributed by atoms with Gasteiger partial charge in [-0.15, -0.1) is 0 Å². The van der Waals surface area contributed by atoms with Crippen molar-refractivity contribution in [3.63, 3.8) is 0 Å². The van der Waals surface area contributed by atoms with E-state index in [4.69, 9.17) is 4.74 Å². The predicted molar refractivity (Wildman–Crippen MR) is 85.1 cm³/mol. The van der Waals surface area contributed by atoms with Crippen LogP contribution in [0.2, 0.25) is 0 Å². The molecule has 0 heterocycles. The summed E-state index contributed by atoms with van der Waals surface area (Å²) in [6.07, 6.45) is 0.691. The summed E-state index contributed by atoms with van der Waals surface area (Å²) >= 11 is 0. The summed E-state index contributed by atoms with van der Waals surface area (Å²) < 4.78 is 17.9. The molecule has 0 saturated heterocycles. The van der Waals surface area contributed by atoms with Crippen LogP contribution in [-0.2, 0) is 4.74 Å². The number of benzene rings is 2. The largest absolute Gasteiger partial charge is 0.385 e. The Kier molecular flexibility index (Phi) is 6.00. The SMILES string of the molecule is COCCCNC(=O)c1ccccc1C(=O)c1ccc(F)cc1. The molecule has 0 bridgehead atoms. The average Bonchev–Trinajstić information content (AvgIpc) is 2.58. The van der Waals surface area contributed by atoms with Crippen molar-refractivity contribution in [2.24, 2.45) is 0 Å². The second kappa shape index (κ2) is 8.19. The van der Waals surface area contributed by atoms with Gasteiger partial charge < -0.3 is 10.1 Å². The zero-order chi connectivity index (χ0) is 16.7. The minimum atomic E-state index is -0.411. The van der Waals surface area contributed by atoms with E-state index in [2.05, 4.69) is 5.32 Å². The molecule has 0 aliphatic carbocycles. The quantitative estimate of drug-likeness (QED) is 0.631. The number of nitrogens with one attached hydrogen (secondary N) is 1. The second-order valence-electron chi connectivity index (χ2n) is 4.98. The van der Waals surface area contributed by atoms with Crippen molar-refractivity contribution in [3.8, 4) is 0 Å².